The smallest absolute Gasteiger partial charge is 0.410 e. The molecule has 3 aromatic rings. The van der Waals surface area contributed by atoms with Gasteiger partial charge >= 0.3 is 6.09 Å². The number of carbonyl (C=O) groups is 1. The van der Waals surface area contributed by atoms with Crippen molar-refractivity contribution in [2.45, 2.75) is 52.2 Å². The second-order valence-electron chi connectivity index (χ2n) is 9.17. The molecule has 8 nitrogen and oxygen atoms in total. The summed E-state index contributed by atoms with van der Waals surface area (Å²) in [6.45, 7) is 8.91. The zero-order chi connectivity index (χ0) is 22.9. The third-order valence-electron chi connectivity index (χ3n) is 5.43. The number of ether oxygens (including phenoxy) is 2. The van der Waals surface area contributed by atoms with Crippen molar-refractivity contribution >= 4 is 28.6 Å². The Morgan fingerprint density at radius 2 is 2.06 bits per heavy atom. The fourth-order valence-electron chi connectivity index (χ4n) is 3.80. The van der Waals surface area contributed by atoms with Crippen LogP contribution in [0.5, 0.6) is 5.75 Å². The topological polar surface area (TPSA) is 81.5 Å². The predicted molar refractivity (Wildman–Crippen MR) is 124 cm³/mol. The highest BCUT2D eigenvalue weighted by molar-refractivity contribution is 5.78. The minimum Gasteiger partial charge on any atom is -0.489 e. The molecular weight excluding hydrogens is 406 g/mol. The number of amides is 1. The Hall–Kier alpha value is -3.29. The summed E-state index contributed by atoms with van der Waals surface area (Å²) in [6, 6.07) is 8.03. The van der Waals surface area contributed by atoms with E-state index in [0.717, 1.165) is 46.7 Å². The van der Waals surface area contributed by atoms with Crippen LogP contribution in [0.4, 0.5) is 16.3 Å². The molecule has 1 unspecified atom stereocenters. The first kappa shape index (κ1) is 21.9. The lowest BCUT2D eigenvalue weighted by Crippen LogP contribution is -2.36. The summed E-state index contributed by atoms with van der Waals surface area (Å²) in [7, 11) is 1.97. The lowest BCUT2D eigenvalue weighted by molar-refractivity contribution is 0.0275. The van der Waals surface area contributed by atoms with Crippen molar-refractivity contribution in [3.63, 3.8) is 0 Å². The third kappa shape index (κ3) is 4.95. The fourth-order valence-corrected chi connectivity index (χ4v) is 3.80. The maximum atomic E-state index is 12.3. The van der Waals surface area contributed by atoms with E-state index in [9.17, 15) is 4.79 Å². The largest absolute Gasteiger partial charge is 0.489 e. The van der Waals surface area contributed by atoms with Gasteiger partial charge in [-0.05, 0) is 51.0 Å². The van der Waals surface area contributed by atoms with E-state index in [2.05, 4.69) is 28.3 Å². The van der Waals surface area contributed by atoms with Gasteiger partial charge in [0.2, 0.25) is 0 Å². The Labute approximate surface area is 188 Å². The zero-order valence-electron chi connectivity index (χ0n) is 19.4. The fraction of sp³-hybridized carbons (Fsp3) is 0.458. The highest BCUT2D eigenvalue weighted by Gasteiger charge is 2.31. The number of hydrogen-bond acceptors (Lipinski definition) is 6. The number of imidazole rings is 1. The molecule has 1 N–H and O–H groups in total. The molecule has 0 spiro atoms. The molecule has 32 heavy (non-hydrogen) atoms. The summed E-state index contributed by atoms with van der Waals surface area (Å²) in [6.07, 6.45) is 4.87. The van der Waals surface area contributed by atoms with Crippen LogP contribution in [0, 0.1) is 0 Å². The maximum absolute atomic E-state index is 12.3. The van der Waals surface area contributed by atoms with Gasteiger partial charge in [-0.3, -0.25) is 0 Å². The molecule has 0 bridgehead atoms. The molecule has 2 aromatic heterocycles. The molecule has 170 valence electrons. The number of pyridine rings is 1. The molecule has 0 radical (unpaired) electrons. The first-order valence-corrected chi connectivity index (χ1v) is 11.0. The molecule has 4 rings (SSSR count). The van der Waals surface area contributed by atoms with Crippen LogP contribution in [0.2, 0.25) is 0 Å². The van der Waals surface area contributed by atoms with Gasteiger partial charge in [-0.1, -0.05) is 6.92 Å². The number of likely N-dealkylation sites (tertiary alicyclic amines) is 1. The number of nitrogens with one attached hydrogen (secondary N) is 1. The number of rotatable bonds is 5. The normalized spacial score (nSPS) is 16.4. The molecule has 0 aliphatic carbocycles. The number of hydrogen-bond donors (Lipinski definition) is 1. The average molecular weight is 438 g/mol. The van der Waals surface area contributed by atoms with Crippen molar-refractivity contribution in [3.8, 4) is 5.75 Å². The summed E-state index contributed by atoms with van der Waals surface area (Å²) in [4.78, 5) is 22.8. The maximum Gasteiger partial charge on any atom is 0.410 e. The second kappa shape index (κ2) is 8.68. The van der Waals surface area contributed by atoms with Crippen LogP contribution >= 0.6 is 0 Å². The van der Waals surface area contributed by atoms with E-state index in [4.69, 9.17) is 9.47 Å². The Morgan fingerprint density at radius 1 is 1.25 bits per heavy atom. The second-order valence-corrected chi connectivity index (χ2v) is 9.17. The molecular formula is C24H31N5O3. The van der Waals surface area contributed by atoms with Gasteiger partial charge in [-0.25, -0.2) is 14.8 Å². The molecule has 3 heterocycles. The van der Waals surface area contributed by atoms with Crippen molar-refractivity contribution in [1.29, 1.82) is 0 Å². The number of anilines is 2. The van der Waals surface area contributed by atoms with Crippen LogP contribution in [-0.2, 0) is 18.2 Å². The predicted octanol–water partition coefficient (Wildman–Crippen LogP) is 4.66. The number of aryl methyl sites for hydroxylation is 2. The van der Waals surface area contributed by atoms with Crippen LogP contribution in [-0.4, -0.2) is 50.3 Å². The first-order chi connectivity index (χ1) is 15.2. The number of aromatic nitrogens is 3. The minimum atomic E-state index is -0.495. The summed E-state index contributed by atoms with van der Waals surface area (Å²) < 4.78 is 13.6. The summed E-state index contributed by atoms with van der Waals surface area (Å²) in [5, 5.41) is 3.42. The van der Waals surface area contributed by atoms with E-state index in [1.165, 1.54) is 0 Å². The number of benzene rings is 1. The minimum absolute atomic E-state index is 0.0417. The van der Waals surface area contributed by atoms with Gasteiger partial charge in [0.25, 0.3) is 0 Å². The molecule has 1 fully saturated rings. The van der Waals surface area contributed by atoms with Crippen molar-refractivity contribution < 1.29 is 14.3 Å². The number of fused-ring (bicyclic) bond motifs is 1. The Bertz CT molecular complexity index is 1120. The van der Waals surface area contributed by atoms with E-state index in [1.54, 1.807) is 17.4 Å². The molecule has 1 atom stereocenters. The zero-order valence-corrected chi connectivity index (χ0v) is 19.4. The van der Waals surface area contributed by atoms with E-state index in [1.807, 2.05) is 50.6 Å². The Balaban J connectivity index is 1.42. The van der Waals surface area contributed by atoms with Gasteiger partial charge in [0.15, 0.2) is 0 Å². The molecule has 1 aromatic carbocycles. The monoisotopic (exact) mass is 437 g/mol. The van der Waals surface area contributed by atoms with Gasteiger partial charge < -0.3 is 24.3 Å². The lowest BCUT2D eigenvalue weighted by atomic mass is 10.1. The van der Waals surface area contributed by atoms with Crippen LogP contribution in [0.3, 0.4) is 0 Å². The van der Waals surface area contributed by atoms with E-state index in [-0.39, 0.29) is 12.2 Å². The lowest BCUT2D eigenvalue weighted by Gasteiger charge is -2.24. The van der Waals surface area contributed by atoms with Gasteiger partial charge in [-0.15, -0.1) is 0 Å². The van der Waals surface area contributed by atoms with Gasteiger partial charge in [-0.2, -0.15) is 0 Å². The van der Waals surface area contributed by atoms with Crippen molar-refractivity contribution in [1.82, 2.24) is 19.4 Å². The van der Waals surface area contributed by atoms with E-state index >= 15 is 0 Å². The molecule has 1 aliphatic heterocycles. The SMILES string of the molecule is CCc1cc(OC2CCN(C(=O)OC(C)(C)C)C2)ccc1Nc1cc2c(cn1)ncn2C. The van der Waals surface area contributed by atoms with Gasteiger partial charge in [0.1, 0.15) is 28.8 Å². The van der Waals surface area contributed by atoms with Crippen LogP contribution in [0.25, 0.3) is 11.0 Å². The third-order valence-corrected chi connectivity index (χ3v) is 5.43. The molecule has 1 saturated heterocycles. The van der Waals surface area contributed by atoms with Crippen molar-refractivity contribution in [2.24, 2.45) is 7.05 Å². The number of nitrogens with zero attached hydrogens (tertiary/aromatic N) is 4. The first-order valence-electron chi connectivity index (χ1n) is 11.0. The van der Waals surface area contributed by atoms with E-state index in [0.29, 0.717) is 13.1 Å². The molecule has 1 amide bonds. The molecule has 8 heteroatoms. The summed E-state index contributed by atoms with van der Waals surface area (Å²) in [5.74, 6) is 1.58. The van der Waals surface area contributed by atoms with Gasteiger partial charge in [0.05, 0.1) is 24.6 Å². The Morgan fingerprint density at radius 3 is 2.81 bits per heavy atom. The molecule has 0 saturated carbocycles. The van der Waals surface area contributed by atoms with Crippen molar-refractivity contribution in [3.05, 3.63) is 42.4 Å². The number of carbonyl (C=O) groups excluding carboxylic acids is 1. The van der Waals surface area contributed by atoms with Crippen LogP contribution in [0.1, 0.15) is 39.7 Å². The highest BCUT2D eigenvalue weighted by atomic mass is 16.6. The van der Waals surface area contributed by atoms with Crippen LogP contribution < -0.4 is 10.1 Å². The summed E-state index contributed by atoms with van der Waals surface area (Å²) in [5.41, 5.74) is 3.53. The Kier molecular flexibility index (Phi) is 5.95. The quantitative estimate of drug-likeness (QED) is 0.625. The summed E-state index contributed by atoms with van der Waals surface area (Å²) >= 11 is 0. The van der Waals surface area contributed by atoms with Gasteiger partial charge in [0, 0.05) is 31.8 Å². The highest BCUT2D eigenvalue weighted by Crippen LogP contribution is 2.28. The van der Waals surface area contributed by atoms with E-state index < -0.39 is 5.60 Å². The van der Waals surface area contributed by atoms with Crippen LogP contribution in [0.15, 0.2) is 36.8 Å². The standard InChI is InChI=1S/C24H31N5O3/c1-6-16-11-17(31-18-9-10-29(14-18)23(30)32-24(2,3)4)7-8-19(16)27-22-12-21-20(13-25-22)26-15-28(21)5/h7-8,11-13,15,18H,6,9-10,14H2,1-5H3,(H,25,27). The average Bonchev–Trinajstić information content (AvgIpc) is 3.35. The van der Waals surface area contributed by atoms with Crippen molar-refractivity contribution in [2.75, 3.05) is 18.4 Å². The molecule has 1 aliphatic rings.